The van der Waals surface area contributed by atoms with Crippen LogP contribution in [0, 0.1) is 24.6 Å². The Labute approximate surface area is 199 Å². The highest BCUT2D eigenvalue weighted by atomic mass is 19.1. The van der Waals surface area contributed by atoms with Gasteiger partial charge in [0.05, 0.1) is 11.2 Å². The molecule has 0 spiro atoms. The van der Waals surface area contributed by atoms with Gasteiger partial charge in [-0.05, 0) is 56.2 Å². The van der Waals surface area contributed by atoms with E-state index in [9.17, 15) is 4.79 Å². The lowest BCUT2D eigenvalue weighted by atomic mass is 10.1. The lowest BCUT2D eigenvalue weighted by molar-refractivity contribution is -0.111. The number of rotatable bonds is 5. The number of carbonyl (C=O) groups excluding carboxylic acids is 1. The summed E-state index contributed by atoms with van der Waals surface area (Å²) in [5, 5.41) is 10.4. The van der Waals surface area contributed by atoms with Crippen LogP contribution in [0.5, 0.6) is 11.5 Å². The Hall–Kier alpha value is -5.04. The van der Waals surface area contributed by atoms with Crippen molar-refractivity contribution in [2.24, 2.45) is 0 Å². The summed E-state index contributed by atoms with van der Waals surface area (Å²) < 4.78 is 22.8. The number of nitrogens with one attached hydrogen (secondary N) is 2. The van der Waals surface area contributed by atoms with Crippen LogP contribution in [-0.2, 0) is 4.79 Å². The number of halogens is 1. The van der Waals surface area contributed by atoms with Crippen LogP contribution in [0.1, 0.15) is 12.5 Å². The number of aromatic nitrogens is 5. The van der Waals surface area contributed by atoms with E-state index in [1.165, 1.54) is 12.7 Å². The Kier molecular flexibility index (Phi) is 5.65. The fourth-order valence-corrected chi connectivity index (χ4v) is 3.50. The fraction of sp³-hybridized carbons (Fsp3) is 0.0800. The zero-order valence-corrected chi connectivity index (χ0v) is 18.7. The van der Waals surface area contributed by atoms with E-state index in [4.69, 9.17) is 4.74 Å². The highest BCUT2D eigenvalue weighted by Crippen LogP contribution is 2.33. The molecule has 0 bridgehead atoms. The summed E-state index contributed by atoms with van der Waals surface area (Å²) in [6.45, 7) is 3.21. The Morgan fingerprint density at radius 3 is 2.83 bits per heavy atom. The van der Waals surface area contributed by atoms with Crippen LogP contribution in [0.25, 0.3) is 16.6 Å². The minimum absolute atomic E-state index is 0.217. The van der Waals surface area contributed by atoms with Gasteiger partial charge in [0.25, 0.3) is 5.91 Å². The molecule has 0 aliphatic heterocycles. The average Bonchev–Trinajstić information content (AvgIpc) is 3.32. The van der Waals surface area contributed by atoms with E-state index in [1.807, 2.05) is 0 Å². The summed E-state index contributed by atoms with van der Waals surface area (Å²) in [6, 6.07) is 11.8. The SMILES string of the molecule is CC#CC(=O)Nc1ccc2ncnc(Nc3ccc(Oc4ccn5ncnc5c4)c(C)c3F)c2c1. The average molecular weight is 467 g/mol. The highest BCUT2D eigenvalue weighted by Gasteiger charge is 2.14. The van der Waals surface area contributed by atoms with Crippen molar-refractivity contribution >= 4 is 39.6 Å². The van der Waals surface area contributed by atoms with E-state index in [2.05, 4.69) is 42.5 Å². The van der Waals surface area contributed by atoms with Crippen LogP contribution in [0.15, 0.2) is 61.3 Å². The van der Waals surface area contributed by atoms with Gasteiger partial charge in [0, 0.05) is 28.9 Å². The molecule has 5 aromatic rings. The predicted molar refractivity (Wildman–Crippen MR) is 129 cm³/mol. The number of ether oxygens (including phenoxy) is 1. The van der Waals surface area contributed by atoms with Gasteiger partial charge in [-0.3, -0.25) is 4.79 Å². The molecule has 0 aliphatic carbocycles. The summed E-state index contributed by atoms with van der Waals surface area (Å²) in [7, 11) is 0. The molecule has 1 amide bonds. The summed E-state index contributed by atoms with van der Waals surface area (Å²) >= 11 is 0. The maximum Gasteiger partial charge on any atom is 0.300 e. The molecule has 0 atom stereocenters. The van der Waals surface area contributed by atoms with Crippen molar-refractivity contribution in [3.05, 3.63) is 72.7 Å². The zero-order chi connectivity index (χ0) is 24.4. The maximum atomic E-state index is 15.3. The zero-order valence-electron chi connectivity index (χ0n) is 18.7. The van der Waals surface area contributed by atoms with Crippen molar-refractivity contribution < 1.29 is 13.9 Å². The Bertz CT molecular complexity index is 1650. The second kappa shape index (κ2) is 9.07. The smallest absolute Gasteiger partial charge is 0.300 e. The van der Waals surface area contributed by atoms with Crippen molar-refractivity contribution in [2.75, 3.05) is 10.6 Å². The third-order valence-corrected chi connectivity index (χ3v) is 5.20. The summed E-state index contributed by atoms with van der Waals surface area (Å²) in [4.78, 5) is 24.5. The highest BCUT2D eigenvalue weighted by molar-refractivity contribution is 6.05. The topological polar surface area (TPSA) is 106 Å². The molecule has 172 valence electrons. The van der Waals surface area contributed by atoms with Gasteiger partial charge >= 0.3 is 0 Å². The van der Waals surface area contributed by atoms with E-state index < -0.39 is 11.7 Å². The van der Waals surface area contributed by atoms with E-state index in [-0.39, 0.29) is 5.69 Å². The van der Waals surface area contributed by atoms with E-state index >= 15 is 4.39 Å². The molecular formula is C25H18FN7O2. The molecule has 9 nitrogen and oxygen atoms in total. The molecule has 35 heavy (non-hydrogen) atoms. The van der Waals surface area contributed by atoms with Crippen LogP contribution in [0.3, 0.4) is 0 Å². The summed E-state index contributed by atoms with van der Waals surface area (Å²) in [6.07, 6.45) is 4.54. The second-order valence-electron chi connectivity index (χ2n) is 7.49. The third-order valence-electron chi connectivity index (χ3n) is 5.20. The molecule has 2 aromatic carbocycles. The van der Waals surface area contributed by atoms with E-state index in [0.29, 0.717) is 45.1 Å². The number of nitrogens with zero attached hydrogens (tertiary/aromatic N) is 5. The van der Waals surface area contributed by atoms with Crippen molar-refractivity contribution in [1.29, 1.82) is 0 Å². The number of fused-ring (bicyclic) bond motifs is 2. The van der Waals surface area contributed by atoms with Gasteiger partial charge in [-0.15, -0.1) is 0 Å². The molecule has 0 saturated carbocycles. The van der Waals surface area contributed by atoms with E-state index in [1.54, 1.807) is 67.0 Å². The number of pyridine rings is 1. The first-order valence-electron chi connectivity index (χ1n) is 10.5. The van der Waals surface area contributed by atoms with Crippen LogP contribution >= 0.6 is 0 Å². The summed E-state index contributed by atoms with van der Waals surface area (Å²) in [5.41, 5.74) is 2.30. The van der Waals surface area contributed by atoms with Crippen molar-refractivity contribution in [1.82, 2.24) is 24.6 Å². The quantitative estimate of drug-likeness (QED) is 0.363. The molecular weight excluding hydrogens is 449 g/mol. The number of amides is 1. The molecule has 0 unspecified atom stereocenters. The van der Waals surface area contributed by atoms with Gasteiger partial charge in [-0.1, -0.05) is 5.92 Å². The van der Waals surface area contributed by atoms with Crippen LogP contribution < -0.4 is 15.4 Å². The van der Waals surface area contributed by atoms with Crippen molar-refractivity contribution in [2.45, 2.75) is 13.8 Å². The third kappa shape index (κ3) is 4.43. The van der Waals surface area contributed by atoms with Gasteiger partial charge in [-0.2, -0.15) is 5.10 Å². The van der Waals surface area contributed by atoms with Crippen LogP contribution in [-0.4, -0.2) is 30.5 Å². The first kappa shape index (κ1) is 21.8. The van der Waals surface area contributed by atoms with Crippen LogP contribution in [0.4, 0.5) is 21.6 Å². The predicted octanol–water partition coefficient (Wildman–Crippen LogP) is 4.62. The van der Waals surface area contributed by atoms with E-state index in [0.717, 1.165) is 0 Å². The van der Waals surface area contributed by atoms with Gasteiger partial charge in [0.15, 0.2) is 11.5 Å². The van der Waals surface area contributed by atoms with Gasteiger partial charge in [-0.25, -0.2) is 23.9 Å². The number of hydrogen-bond acceptors (Lipinski definition) is 7. The molecule has 3 heterocycles. The Morgan fingerprint density at radius 2 is 1.97 bits per heavy atom. The molecule has 0 aliphatic rings. The second-order valence-corrected chi connectivity index (χ2v) is 7.49. The van der Waals surface area contributed by atoms with Gasteiger partial charge in [0.1, 0.15) is 30.0 Å². The molecule has 0 fully saturated rings. The first-order valence-corrected chi connectivity index (χ1v) is 10.5. The standard InChI is InChI=1S/C25H18FN7O2/c1-3-4-23(34)31-16-5-6-19-18(11-16)25(29-13-27-19)32-20-7-8-21(15(2)24(20)26)35-17-9-10-33-22(12-17)28-14-30-33/h5-14H,1-2H3,(H,31,34)(H,27,29,32). The number of benzene rings is 2. The maximum absolute atomic E-state index is 15.3. The molecule has 5 rings (SSSR count). The lowest BCUT2D eigenvalue weighted by Gasteiger charge is -2.14. The fourth-order valence-electron chi connectivity index (χ4n) is 3.50. The van der Waals surface area contributed by atoms with Crippen molar-refractivity contribution in [3.63, 3.8) is 0 Å². The van der Waals surface area contributed by atoms with Gasteiger partial charge < -0.3 is 15.4 Å². The summed E-state index contributed by atoms with van der Waals surface area (Å²) in [5.74, 6) is 5.32. The van der Waals surface area contributed by atoms with Gasteiger partial charge in [0.2, 0.25) is 0 Å². The minimum Gasteiger partial charge on any atom is -0.457 e. The van der Waals surface area contributed by atoms with Crippen molar-refractivity contribution in [3.8, 4) is 23.3 Å². The molecule has 0 saturated heterocycles. The number of carbonyl (C=O) groups is 1. The molecule has 2 N–H and O–H groups in total. The normalized spacial score (nSPS) is 10.6. The lowest BCUT2D eigenvalue weighted by Crippen LogP contribution is -2.08. The Morgan fingerprint density at radius 1 is 1.09 bits per heavy atom. The Balaban J connectivity index is 1.43. The molecule has 0 radical (unpaired) electrons. The molecule has 3 aromatic heterocycles. The minimum atomic E-state index is -0.486. The first-order chi connectivity index (χ1) is 17.0. The number of anilines is 3. The molecule has 10 heteroatoms. The largest absolute Gasteiger partial charge is 0.457 e. The van der Waals surface area contributed by atoms with Crippen LogP contribution in [0.2, 0.25) is 0 Å². The number of hydrogen-bond donors (Lipinski definition) is 2. The monoisotopic (exact) mass is 467 g/mol.